The zero-order chi connectivity index (χ0) is 15.5. The second-order valence-corrected chi connectivity index (χ2v) is 5.60. The van der Waals surface area contributed by atoms with E-state index in [-0.39, 0.29) is 0 Å². The fourth-order valence-electron chi connectivity index (χ4n) is 3.40. The van der Waals surface area contributed by atoms with Crippen molar-refractivity contribution in [2.24, 2.45) is 0 Å². The highest BCUT2D eigenvalue weighted by Gasteiger charge is 2.24. The van der Waals surface area contributed by atoms with Gasteiger partial charge in [0.1, 0.15) is 0 Å². The molecule has 2 aromatic carbocycles. The van der Waals surface area contributed by atoms with Crippen molar-refractivity contribution in [3.05, 3.63) is 53.1 Å². The molecule has 3 nitrogen and oxygen atoms in total. The van der Waals surface area contributed by atoms with E-state index in [9.17, 15) is 0 Å². The van der Waals surface area contributed by atoms with E-state index < -0.39 is 0 Å². The fourth-order valence-corrected chi connectivity index (χ4v) is 3.40. The summed E-state index contributed by atoms with van der Waals surface area (Å²) in [6.45, 7) is 0. The van der Waals surface area contributed by atoms with Crippen LogP contribution < -0.4 is 14.2 Å². The lowest BCUT2D eigenvalue weighted by Crippen LogP contribution is -2.11. The topological polar surface area (TPSA) is 27.7 Å². The first-order valence-corrected chi connectivity index (χ1v) is 7.66. The third-order valence-electron chi connectivity index (χ3n) is 4.46. The second kappa shape index (κ2) is 6.30. The van der Waals surface area contributed by atoms with Gasteiger partial charge in [-0.1, -0.05) is 24.3 Å². The summed E-state index contributed by atoms with van der Waals surface area (Å²) in [5, 5.41) is 0. The zero-order valence-electron chi connectivity index (χ0n) is 13.4. The van der Waals surface area contributed by atoms with Gasteiger partial charge in [-0.2, -0.15) is 0 Å². The molecule has 116 valence electrons. The van der Waals surface area contributed by atoms with Crippen molar-refractivity contribution in [2.75, 3.05) is 21.3 Å². The molecule has 22 heavy (non-hydrogen) atoms. The van der Waals surface area contributed by atoms with E-state index in [4.69, 9.17) is 14.2 Å². The average Bonchev–Trinajstić information content (AvgIpc) is 2.59. The van der Waals surface area contributed by atoms with Crippen LogP contribution in [0.5, 0.6) is 17.2 Å². The quantitative estimate of drug-likeness (QED) is 0.847. The van der Waals surface area contributed by atoms with Crippen LogP contribution in [0.1, 0.15) is 35.4 Å². The minimum atomic E-state index is 0.388. The fraction of sp³-hybridized carbons (Fsp3) is 0.368. The van der Waals surface area contributed by atoms with Crippen LogP contribution in [0.3, 0.4) is 0 Å². The van der Waals surface area contributed by atoms with Crippen LogP contribution >= 0.6 is 0 Å². The molecule has 0 fully saturated rings. The van der Waals surface area contributed by atoms with E-state index in [0.29, 0.717) is 11.7 Å². The molecule has 3 heteroatoms. The van der Waals surface area contributed by atoms with E-state index in [1.807, 2.05) is 0 Å². The first-order valence-electron chi connectivity index (χ1n) is 7.66. The minimum Gasteiger partial charge on any atom is -0.493 e. The molecular formula is C19H22O3. The van der Waals surface area contributed by atoms with Gasteiger partial charge in [0.15, 0.2) is 11.5 Å². The van der Waals surface area contributed by atoms with Crippen molar-refractivity contribution >= 4 is 0 Å². The highest BCUT2D eigenvalue weighted by atomic mass is 16.5. The Hall–Kier alpha value is -2.16. The Balaban J connectivity index is 2.10. The Kier molecular flexibility index (Phi) is 4.23. The van der Waals surface area contributed by atoms with Crippen LogP contribution in [-0.2, 0) is 6.42 Å². The third-order valence-corrected chi connectivity index (χ3v) is 4.46. The molecule has 1 aliphatic rings. The maximum Gasteiger partial charge on any atom is 0.203 e. The number of benzene rings is 2. The van der Waals surface area contributed by atoms with Gasteiger partial charge in [-0.05, 0) is 48.1 Å². The van der Waals surface area contributed by atoms with Crippen LogP contribution in [0.15, 0.2) is 36.4 Å². The van der Waals surface area contributed by atoms with Gasteiger partial charge in [-0.15, -0.1) is 0 Å². The van der Waals surface area contributed by atoms with Gasteiger partial charge in [-0.3, -0.25) is 0 Å². The minimum absolute atomic E-state index is 0.388. The lowest BCUT2D eigenvalue weighted by molar-refractivity contribution is 0.323. The van der Waals surface area contributed by atoms with Crippen molar-refractivity contribution in [1.82, 2.24) is 0 Å². The standard InChI is InChI=1S/C19H22O3/c1-20-17-11-14(12-18(21-2)19(17)22-3)16-10-6-8-13-7-4-5-9-15(13)16/h4-5,7,9,11-12,16H,6,8,10H2,1-3H3. The zero-order valence-corrected chi connectivity index (χ0v) is 13.4. The molecule has 2 aromatic rings. The summed E-state index contributed by atoms with van der Waals surface area (Å²) in [6.07, 6.45) is 3.52. The molecule has 0 amide bonds. The highest BCUT2D eigenvalue weighted by Crippen LogP contribution is 2.44. The van der Waals surface area contributed by atoms with Crippen LogP contribution in [0.2, 0.25) is 0 Å². The van der Waals surface area contributed by atoms with Crippen LogP contribution in [0.4, 0.5) is 0 Å². The second-order valence-electron chi connectivity index (χ2n) is 5.60. The summed E-state index contributed by atoms with van der Waals surface area (Å²) in [4.78, 5) is 0. The van der Waals surface area contributed by atoms with Crippen LogP contribution in [0.25, 0.3) is 0 Å². The van der Waals surface area contributed by atoms with Gasteiger partial charge < -0.3 is 14.2 Å². The molecule has 1 unspecified atom stereocenters. The van der Waals surface area contributed by atoms with Crippen LogP contribution in [0, 0.1) is 0 Å². The number of hydrogen-bond acceptors (Lipinski definition) is 3. The van der Waals surface area contributed by atoms with Gasteiger partial charge in [0.2, 0.25) is 5.75 Å². The number of ether oxygens (including phenoxy) is 3. The molecule has 0 saturated heterocycles. The number of aryl methyl sites for hydroxylation is 1. The Morgan fingerprint density at radius 1 is 0.909 bits per heavy atom. The number of fused-ring (bicyclic) bond motifs is 1. The van der Waals surface area contributed by atoms with Crippen molar-refractivity contribution < 1.29 is 14.2 Å². The van der Waals surface area contributed by atoms with Crippen molar-refractivity contribution in [3.8, 4) is 17.2 Å². The van der Waals surface area contributed by atoms with E-state index in [2.05, 4.69) is 36.4 Å². The predicted molar refractivity (Wildman–Crippen MR) is 87.3 cm³/mol. The smallest absolute Gasteiger partial charge is 0.203 e. The predicted octanol–water partition coefficient (Wildman–Crippen LogP) is 4.18. The molecule has 0 aliphatic heterocycles. The molecule has 0 spiro atoms. The Labute approximate surface area is 131 Å². The normalized spacial score (nSPS) is 16.8. The first kappa shape index (κ1) is 14.8. The Morgan fingerprint density at radius 2 is 1.59 bits per heavy atom. The van der Waals surface area contributed by atoms with Gasteiger partial charge in [-0.25, -0.2) is 0 Å². The molecule has 0 heterocycles. The molecular weight excluding hydrogens is 276 g/mol. The monoisotopic (exact) mass is 298 g/mol. The molecule has 0 aromatic heterocycles. The molecule has 1 atom stereocenters. The number of hydrogen-bond donors (Lipinski definition) is 0. The summed E-state index contributed by atoms with van der Waals surface area (Å²) < 4.78 is 16.4. The molecule has 0 saturated carbocycles. The van der Waals surface area contributed by atoms with Gasteiger partial charge in [0, 0.05) is 5.92 Å². The molecule has 0 radical (unpaired) electrons. The number of methoxy groups -OCH3 is 3. The van der Waals surface area contributed by atoms with Crippen molar-refractivity contribution in [1.29, 1.82) is 0 Å². The summed E-state index contributed by atoms with van der Waals surface area (Å²) in [7, 11) is 4.96. The van der Waals surface area contributed by atoms with E-state index >= 15 is 0 Å². The average molecular weight is 298 g/mol. The lowest BCUT2D eigenvalue weighted by atomic mass is 9.79. The van der Waals surface area contributed by atoms with E-state index in [0.717, 1.165) is 24.3 Å². The largest absolute Gasteiger partial charge is 0.493 e. The van der Waals surface area contributed by atoms with Gasteiger partial charge >= 0.3 is 0 Å². The molecule has 0 N–H and O–H groups in total. The lowest BCUT2D eigenvalue weighted by Gasteiger charge is -2.27. The summed E-state index contributed by atoms with van der Waals surface area (Å²) in [5.74, 6) is 2.48. The summed E-state index contributed by atoms with van der Waals surface area (Å²) in [6, 6.07) is 12.9. The van der Waals surface area contributed by atoms with Gasteiger partial charge in [0.25, 0.3) is 0 Å². The highest BCUT2D eigenvalue weighted by molar-refractivity contribution is 5.56. The Bertz CT molecular complexity index is 638. The van der Waals surface area contributed by atoms with Crippen LogP contribution in [-0.4, -0.2) is 21.3 Å². The van der Waals surface area contributed by atoms with Crippen molar-refractivity contribution in [3.63, 3.8) is 0 Å². The number of rotatable bonds is 4. The summed E-state index contributed by atoms with van der Waals surface area (Å²) in [5.41, 5.74) is 4.09. The third kappa shape index (κ3) is 2.52. The summed E-state index contributed by atoms with van der Waals surface area (Å²) >= 11 is 0. The van der Waals surface area contributed by atoms with E-state index in [1.54, 1.807) is 21.3 Å². The molecule has 1 aliphatic carbocycles. The Morgan fingerprint density at radius 3 is 2.23 bits per heavy atom. The maximum absolute atomic E-state index is 5.49. The molecule has 0 bridgehead atoms. The van der Waals surface area contributed by atoms with E-state index in [1.165, 1.54) is 23.1 Å². The SMILES string of the molecule is COc1cc(C2CCCc3ccccc32)cc(OC)c1OC. The molecule has 3 rings (SSSR count). The maximum atomic E-state index is 5.49. The van der Waals surface area contributed by atoms with Crippen molar-refractivity contribution in [2.45, 2.75) is 25.2 Å². The van der Waals surface area contributed by atoms with Gasteiger partial charge in [0.05, 0.1) is 21.3 Å². The first-order chi connectivity index (χ1) is 10.8.